The number of hydrogen-bond acceptors (Lipinski definition) is 5. The van der Waals surface area contributed by atoms with Crippen molar-refractivity contribution < 1.29 is 24.0 Å². The third kappa shape index (κ3) is 6.06. The van der Waals surface area contributed by atoms with Crippen molar-refractivity contribution in [1.82, 2.24) is 25.8 Å². The van der Waals surface area contributed by atoms with Crippen LogP contribution in [0, 0.1) is 5.92 Å². The molecule has 2 aromatic carbocycles. The summed E-state index contributed by atoms with van der Waals surface area (Å²) in [6.45, 7) is 1.03. The number of carbonyl (C=O) groups is 5. The van der Waals surface area contributed by atoms with E-state index in [0.717, 1.165) is 29.3 Å². The highest BCUT2D eigenvalue weighted by Gasteiger charge is 2.38. The van der Waals surface area contributed by atoms with Crippen LogP contribution in [-0.2, 0) is 25.7 Å². The van der Waals surface area contributed by atoms with Gasteiger partial charge in [0, 0.05) is 36.5 Å². The molecule has 0 saturated carbocycles. The third-order valence-corrected chi connectivity index (χ3v) is 7.66. The molecule has 2 fully saturated rings. The second-order valence-electron chi connectivity index (χ2n) is 10.4. The molecule has 1 aromatic heterocycles. The Kier molecular flexibility index (Phi) is 8.23. The molecule has 3 atom stereocenters. The molecule has 2 aliphatic rings. The van der Waals surface area contributed by atoms with E-state index in [9.17, 15) is 24.0 Å². The van der Waals surface area contributed by atoms with Crippen LogP contribution in [0.4, 0.5) is 0 Å². The number of amides is 4. The third-order valence-electron chi connectivity index (χ3n) is 7.66. The number of likely N-dealkylation sites (tertiary alicyclic amines) is 1. The summed E-state index contributed by atoms with van der Waals surface area (Å²) in [5.41, 5.74) is 2.04. The summed E-state index contributed by atoms with van der Waals surface area (Å²) in [6, 6.07) is 16.5. The molecule has 10 heteroatoms. The predicted octanol–water partition coefficient (Wildman–Crippen LogP) is 2.06. The molecular weight excluding hydrogens is 510 g/mol. The summed E-state index contributed by atoms with van der Waals surface area (Å²) in [5.74, 6) is -3.14. The van der Waals surface area contributed by atoms with E-state index in [0.29, 0.717) is 31.6 Å². The Bertz CT molecular complexity index is 1390. The normalized spacial score (nSPS) is 19.6. The van der Waals surface area contributed by atoms with Gasteiger partial charge < -0.3 is 25.8 Å². The Morgan fingerprint density at radius 1 is 0.975 bits per heavy atom. The monoisotopic (exact) mass is 543 g/mol. The zero-order chi connectivity index (χ0) is 28.1. The Morgan fingerprint density at radius 2 is 1.75 bits per heavy atom. The average molecular weight is 544 g/mol. The Hall–Kier alpha value is -4.47. The van der Waals surface area contributed by atoms with E-state index in [1.807, 2.05) is 54.6 Å². The minimum absolute atomic E-state index is 0.0118. The number of H-pyrrole nitrogens is 1. The molecule has 3 unspecified atom stereocenters. The highest BCUT2D eigenvalue weighted by Crippen LogP contribution is 2.23. The van der Waals surface area contributed by atoms with E-state index in [1.54, 1.807) is 6.07 Å². The Balaban J connectivity index is 1.31. The number of benzene rings is 2. The number of nitrogens with zero attached hydrogens (tertiary/aromatic N) is 1. The van der Waals surface area contributed by atoms with Crippen molar-refractivity contribution in [3.63, 3.8) is 0 Å². The van der Waals surface area contributed by atoms with Crippen molar-refractivity contribution >= 4 is 40.3 Å². The highest BCUT2D eigenvalue weighted by molar-refractivity contribution is 6.38. The summed E-state index contributed by atoms with van der Waals surface area (Å²) in [7, 11) is 0. The number of ketones is 1. The first-order valence-electron chi connectivity index (χ1n) is 13.7. The van der Waals surface area contributed by atoms with Gasteiger partial charge in [-0.1, -0.05) is 48.5 Å². The molecular formula is C30H33N5O5. The van der Waals surface area contributed by atoms with Crippen LogP contribution >= 0.6 is 0 Å². The van der Waals surface area contributed by atoms with Crippen molar-refractivity contribution in [3.8, 4) is 0 Å². The van der Waals surface area contributed by atoms with Gasteiger partial charge >= 0.3 is 0 Å². The molecule has 3 heterocycles. The van der Waals surface area contributed by atoms with Gasteiger partial charge in [-0.15, -0.1) is 0 Å². The van der Waals surface area contributed by atoms with Crippen LogP contribution < -0.4 is 16.0 Å². The number of aromatic nitrogens is 1. The predicted molar refractivity (Wildman–Crippen MR) is 148 cm³/mol. The standard InChI is InChI=1S/C30H33N5O5/c36-26(29(39)32-18-19-8-2-1-3-9-19)23(17-21-13-14-31-27(21)37)34-28(38)25-12-6-7-15-35(25)30(40)24-16-20-10-4-5-11-22(20)33-24/h1-5,8-11,16,21,23,25,33H,6-7,12-15,17-18H2,(H,31,37)(H,32,39)(H,34,38). The lowest BCUT2D eigenvalue weighted by Gasteiger charge is -2.35. The number of para-hydroxylation sites is 1. The van der Waals surface area contributed by atoms with Gasteiger partial charge in [0.2, 0.25) is 17.6 Å². The van der Waals surface area contributed by atoms with E-state index in [4.69, 9.17) is 0 Å². The van der Waals surface area contributed by atoms with Crippen LogP contribution in [0.3, 0.4) is 0 Å². The summed E-state index contributed by atoms with van der Waals surface area (Å²) in [6.07, 6.45) is 2.46. The first-order chi connectivity index (χ1) is 19.4. The molecule has 10 nitrogen and oxygen atoms in total. The number of carbonyl (C=O) groups excluding carboxylic acids is 5. The second-order valence-corrected chi connectivity index (χ2v) is 10.4. The summed E-state index contributed by atoms with van der Waals surface area (Å²) < 4.78 is 0. The van der Waals surface area contributed by atoms with Gasteiger partial charge in [-0.05, 0) is 49.8 Å². The lowest BCUT2D eigenvalue weighted by Crippen LogP contribution is -2.56. The first kappa shape index (κ1) is 27.1. The lowest BCUT2D eigenvalue weighted by molar-refractivity contribution is -0.141. The average Bonchev–Trinajstić information content (AvgIpc) is 3.61. The van der Waals surface area contributed by atoms with E-state index >= 15 is 0 Å². The van der Waals surface area contributed by atoms with Crippen molar-refractivity contribution in [2.75, 3.05) is 13.1 Å². The molecule has 2 aliphatic heterocycles. The van der Waals surface area contributed by atoms with Gasteiger partial charge in [0.05, 0.1) is 6.04 Å². The van der Waals surface area contributed by atoms with Gasteiger partial charge in [-0.2, -0.15) is 0 Å². The zero-order valence-corrected chi connectivity index (χ0v) is 22.2. The largest absolute Gasteiger partial charge is 0.356 e. The van der Waals surface area contributed by atoms with Gasteiger partial charge in [-0.3, -0.25) is 24.0 Å². The van der Waals surface area contributed by atoms with E-state index in [1.165, 1.54) is 4.90 Å². The second kappa shape index (κ2) is 12.1. The summed E-state index contributed by atoms with van der Waals surface area (Å²) in [4.78, 5) is 70.1. The van der Waals surface area contributed by atoms with Crippen LogP contribution in [0.25, 0.3) is 10.9 Å². The Morgan fingerprint density at radius 3 is 2.50 bits per heavy atom. The number of rotatable bonds is 9. The van der Waals surface area contributed by atoms with Crippen molar-refractivity contribution in [1.29, 1.82) is 0 Å². The fourth-order valence-electron chi connectivity index (χ4n) is 5.47. The van der Waals surface area contributed by atoms with Gasteiger partial charge in [0.25, 0.3) is 11.8 Å². The topological polar surface area (TPSA) is 140 Å². The quantitative estimate of drug-likeness (QED) is 0.306. The molecule has 4 N–H and O–H groups in total. The fraction of sp³-hybridized carbons (Fsp3) is 0.367. The number of fused-ring (bicyclic) bond motifs is 1. The minimum atomic E-state index is -1.19. The maximum atomic E-state index is 13.6. The molecule has 5 rings (SSSR count). The van der Waals surface area contributed by atoms with Crippen molar-refractivity contribution in [2.24, 2.45) is 5.92 Å². The van der Waals surface area contributed by atoms with Crippen LogP contribution in [-0.4, -0.2) is 64.5 Å². The smallest absolute Gasteiger partial charge is 0.289 e. The molecule has 0 radical (unpaired) electrons. The maximum Gasteiger partial charge on any atom is 0.289 e. The van der Waals surface area contributed by atoms with E-state index in [-0.39, 0.29) is 24.8 Å². The number of aromatic amines is 1. The number of nitrogens with one attached hydrogen (secondary N) is 4. The molecule has 40 heavy (non-hydrogen) atoms. The Labute approximate surface area is 231 Å². The van der Waals surface area contributed by atoms with Gasteiger partial charge in [-0.25, -0.2) is 0 Å². The van der Waals surface area contributed by atoms with Gasteiger partial charge in [0.1, 0.15) is 11.7 Å². The lowest BCUT2D eigenvalue weighted by atomic mass is 9.94. The minimum Gasteiger partial charge on any atom is -0.356 e. The van der Waals surface area contributed by atoms with Gasteiger partial charge in [0.15, 0.2) is 0 Å². The number of hydrogen-bond donors (Lipinski definition) is 4. The molecule has 208 valence electrons. The SMILES string of the molecule is O=C(NCc1ccccc1)C(=O)C(CC1CCNC1=O)NC(=O)C1CCCCN1C(=O)c1cc2ccccc2[nH]1. The number of Topliss-reactive ketones (excluding diaryl/α,β-unsaturated/α-hetero) is 1. The summed E-state index contributed by atoms with van der Waals surface area (Å²) >= 11 is 0. The molecule has 0 aliphatic carbocycles. The van der Waals surface area contributed by atoms with Crippen molar-refractivity contribution in [3.05, 3.63) is 71.9 Å². The maximum absolute atomic E-state index is 13.6. The van der Waals surface area contributed by atoms with Crippen LogP contribution in [0.1, 0.15) is 48.2 Å². The van der Waals surface area contributed by atoms with E-state index in [2.05, 4.69) is 20.9 Å². The van der Waals surface area contributed by atoms with Crippen LogP contribution in [0.15, 0.2) is 60.7 Å². The van der Waals surface area contributed by atoms with Crippen LogP contribution in [0.5, 0.6) is 0 Å². The number of piperidine rings is 1. The first-order valence-corrected chi connectivity index (χ1v) is 13.7. The molecule has 3 aromatic rings. The molecule has 0 spiro atoms. The fourth-order valence-corrected chi connectivity index (χ4v) is 5.47. The summed E-state index contributed by atoms with van der Waals surface area (Å²) in [5, 5.41) is 8.99. The zero-order valence-electron chi connectivity index (χ0n) is 22.2. The van der Waals surface area contributed by atoms with Crippen LogP contribution in [0.2, 0.25) is 0 Å². The van der Waals surface area contributed by atoms with E-state index < -0.39 is 35.6 Å². The molecule has 4 amide bonds. The van der Waals surface area contributed by atoms with Crippen molar-refractivity contribution in [2.45, 2.75) is 50.7 Å². The molecule has 2 saturated heterocycles. The highest BCUT2D eigenvalue weighted by atomic mass is 16.2. The molecule has 0 bridgehead atoms.